The highest BCUT2D eigenvalue weighted by Crippen LogP contribution is 2.22. The Bertz CT molecular complexity index is 1040. The van der Waals surface area contributed by atoms with Gasteiger partial charge in [-0.25, -0.2) is 0 Å². The molecule has 1 N–H and O–H groups in total. The molecule has 3 aromatic carbocycles. The van der Waals surface area contributed by atoms with Gasteiger partial charge in [0, 0.05) is 38.9 Å². The third kappa shape index (κ3) is 5.66. The number of non-ortho nitro benzene ring substituents is 1. The normalized spacial score (nSPS) is 10.4. The molecule has 0 spiro atoms. The smallest absolute Gasteiger partial charge is 0.269 e. The van der Waals surface area contributed by atoms with E-state index in [9.17, 15) is 19.7 Å². The molecule has 0 heterocycles. The molecule has 0 unspecified atom stereocenters. The molecule has 0 saturated heterocycles. The fraction of sp³-hybridized carbons (Fsp3) is 0.0476. The van der Waals surface area contributed by atoms with E-state index >= 15 is 0 Å². The van der Waals surface area contributed by atoms with Crippen molar-refractivity contribution in [3.63, 3.8) is 0 Å². The molecule has 8 heteroatoms. The maximum atomic E-state index is 12.2. The summed E-state index contributed by atoms with van der Waals surface area (Å²) in [5.74, 6) is -0.0729. The first-order valence-corrected chi connectivity index (χ1v) is 9.86. The summed E-state index contributed by atoms with van der Waals surface area (Å²) in [5.41, 5.74) is 1.44. The second-order valence-electron chi connectivity index (χ2n) is 6.00. The summed E-state index contributed by atoms with van der Waals surface area (Å²) in [5, 5.41) is 14.0. The van der Waals surface area contributed by atoms with Gasteiger partial charge >= 0.3 is 0 Å². The van der Waals surface area contributed by atoms with E-state index in [1.165, 1.54) is 36.0 Å². The fourth-order valence-electron chi connectivity index (χ4n) is 2.44. The van der Waals surface area contributed by atoms with Crippen LogP contribution in [0.1, 0.15) is 20.7 Å². The monoisotopic (exact) mass is 426 g/mol. The van der Waals surface area contributed by atoms with Crippen LogP contribution in [0.2, 0.25) is 5.02 Å². The molecule has 0 aromatic heterocycles. The van der Waals surface area contributed by atoms with Gasteiger partial charge in [0.25, 0.3) is 11.6 Å². The standard InChI is InChI=1S/C21H15ClN2O4S/c22-16-5-1-14(2-6-16)20(25)13-29-19-11-7-17(8-12-19)23-21(26)15-3-9-18(10-4-15)24(27)28/h1-12H,13H2,(H,23,26). The molecule has 0 aliphatic rings. The van der Waals surface area contributed by atoms with E-state index in [0.29, 0.717) is 21.8 Å². The summed E-state index contributed by atoms with van der Waals surface area (Å²) in [4.78, 5) is 35.5. The Hall–Kier alpha value is -3.16. The Balaban J connectivity index is 1.55. The quantitative estimate of drug-likeness (QED) is 0.234. The summed E-state index contributed by atoms with van der Waals surface area (Å²) in [6.07, 6.45) is 0. The first-order chi connectivity index (χ1) is 13.9. The predicted octanol–water partition coefficient (Wildman–Crippen LogP) is 5.48. The Kier molecular flexibility index (Phi) is 6.64. The second kappa shape index (κ2) is 9.36. The number of carbonyl (C=O) groups excluding carboxylic acids is 2. The van der Waals surface area contributed by atoms with Gasteiger partial charge in [-0.2, -0.15) is 0 Å². The second-order valence-corrected chi connectivity index (χ2v) is 7.49. The van der Waals surface area contributed by atoms with Crippen molar-refractivity contribution in [1.82, 2.24) is 0 Å². The summed E-state index contributed by atoms with van der Waals surface area (Å²) in [6, 6.07) is 19.2. The Morgan fingerprint density at radius 1 is 0.897 bits per heavy atom. The lowest BCUT2D eigenvalue weighted by Gasteiger charge is -2.07. The largest absolute Gasteiger partial charge is 0.322 e. The van der Waals surface area contributed by atoms with E-state index in [4.69, 9.17) is 11.6 Å². The van der Waals surface area contributed by atoms with Gasteiger partial charge in [-0.15, -0.1) is 11.8 Å². The number of nitrogens with one attached hydrogen (secondary N) is 1. The Morgan fingerprint density at radius 2 is 1.48 bits per heavy atom. The van der Waals surface area contributed by atoms with Gasteiger partial charge < -0.3 is 5.32 Å². The van der Waals surface area contributed by atoms with E-state index < -0.39 is 4.92 Å². The first kappa shape index (κ1) is 20.6. The minimum atomic E-state index is -0.518. The highest BCUT2D eigenvalue weighted by molar-refractivity contribution is 8.00. The summed E-state index contributed by atoms with van der Waals surface area (Å²) < 4.78 is 0. The average molecular weight is 427 g/mol. The average Bonchev–Trinajstić information content (AvgIpc) is 2.73. The number of amides is 1. The molecule has 0 fully saturated rings. The van der Waals surface area contributed by atoms with Crippen LogP contribution in [0, 0.1) is 10.1 Å². The van der Waals surface area contributed by atoms with E-state index in [-0.39, 0.29) is 23.1 Å². The number of ketones is 1. The number of benzene rings is 3. The number of hydrogen-bond acceptors (Lipinski definition) is 5. The van der Waals surface area contributed by atoms with Crippen LogP contribution in [-0.4, -0.2) is 22.4 Å². The number of Topliss-reactive ketones (excluding diaryl/α,β-unsaturated/α-hetero) is 1. The summed E-state index contributed by atoms with van der Waals surface area (Å²) in [6.45, 7) is 0. The van der Waals surface area contributed by atoms with Crippen LogP contribution in [0.25, 0.3) is 0 Å². The number of nitro benzene ring substituents is 1. The van der Waals surface area contributed by atoms with Crippen molar-refractivity contribution in [2.75, 3.05) is 11.1 Å². The van der Waals surface area contributed by atoms with Gasteiger partial charge in [-0.3, -0.25) is 19.7 Å². The molecular weight excluding hydrogens is 412 g/mol. The van der Waals surface area contributed by atoms with Crippen molar-refractivity contribution in [3.05, 3.63) is 99.1 Å². The van der Waals surface area contributed by atoms with E-state index in [0.717, 1.165) is 4.90 Å². The van der Waals surface area contributed by atoms with Crippen LogP contribution in [0.5, 0.6) is 0 Å². The molecule has 1 amide bonds. The number of hydrogen-bond donors (Lipinski definition) is 1. The maximum Gasteiger partial charge on any atom is 0.269 e. The third-order valence-electron chi connectivity index (χ3n) is 3.99. The van der Waals surface area contributed by atoms with Crippen LogP contribution in [0.3, 0.4) is 0 Å². The van der Waals surface area contributed by atoms with Crippen LogP contribution in [0.4, 0.5) is 11.4 Å². The van der Waals surface area contributed by atoms with Gasteiger partial charge in [0.1, 0.15) is 0 Å². The number of halogens is 1. The van der Waals surface area contributed by atoms with Crippen molar-refractivity contribution in [2.24, 2.45) is 0 Å². The fourth-order valence-corrected chi connectivity index (χ4v) is 3.36. The Labute approximate surface area is 176 Å². The number of thioether (sulfide) groups is 1. The zero-order valence-electron chi connectivity index (χ0n) is 15.0. The van der Waals surface area contributed by atoms with E-state index in [1.54, 1.807) is 36.4 Å². The lowest BCUT2D eigenvalue weighted by atomic mass is 10.1. The topological polar surface area (TPSA) is 89.3 Å². The van der Waals surface area contributed by atoms with E-state index in [1.807, 2.05) is 12.1 Å². The van der Waals surface area contributed by atoms with Crippen LogP contribution < -0.4 is 5.32 Å². The molecule has 0 saturated carbocycles. The van der Waals surface area contributed by atoms with Gasteiger partial charge in [0.2, 0.25) is 0 Å². The van der Waals surface area contributed by atoms with Crippen LogP contribution >= 0.6 is 23.4 Å². The van der Waals surface area contributed by atoms with Gasteiger partial charge in [0.05, 0.1) is 10.7 Å². The zero-order valence-corrected chi connectivity index (χ0v) is 16.6. The van der Waals surface area contributed by atoms with Crippen molar-refractivity contribution >= 4 is 46.4 Å². The van der Waals surface area contributed by atoms with E-state index in [2.05, 4.69) is 5.32 Å². The number of anilines is 1. The molecule has 0 bridgehead atoms. The first-order valence-electron chi connectivity index (χ1n) is 8.50. The number of rotatable bonds is 7. The molecule has 0 aliphatic heterocycles. The lowest BCUT2D eigenvalue weighted by molar-refractivity contribution is -0.384. The zero-order chi connectivity index (χ0) is 20.8. The van der Waals surface area contributed by atoms with Crippen molar-refractivity contribution in [1.29, 1.82) is 0 Å². The third-order valence-corrected chi connectivity index (χ3v) is 5.25. The molecule has 0 radical (unpaired) electrons. The minimum absolute atomic E-state index is 0.00205. The molecule has 0 aliphatic carbocycles. The maximum absolute atomic E-state index is 12.2. The van der Waals surface area contributed by atoms with Gasteiger partial charge in [-0.05, 0) is 60.7 Å². The molecule has 3 aromatic rings. The molecular formula is C21H15ClN2O4S. The lowest BCUT2D eigenvalue weighted by Crippen LogP contribution is -2.11. The van der Waals surface area contributed by atoms with Crippen molar-refractivity contribution in [2.45, 2.75) is 4.90 Å². The molecule has 3 rings (SSSR count). The minimum Gasteiger partial charge on any atom is -0.322 e. The predicted molar refractivity (Wildman–Crippen MR) is 114 cm³/mol. The van der Waals surface area contributed by atoms with Crippen molar-refractivity contribution < 1.29 is 14.5 Å². The van der Waals surface area contributed by atoms with Crippen LogP contribution in [-0.2, 0) is 0 Å². The van der Waals surface area contributed by atoms with Gasteiger partial charge in [0.15, 0.2) is 5.78 Å². The highest BCUT2D eigenvalue weighted by atomic mass is 35.5. The molecule has 6 nitrogen and oxygen atoms in total. The highest BCUT2D eigenvalue weighted by Gasteiger charge is 2.10. The Morgan fingerprint density at radius 3 is 2.07 bits per heavy atom. The molecule has 146 valence electrons. The number of nitrogens with zero attached hydrogens (tertiary/aromatic N) is 1. The molecule has 29 heavy (non-hydrogen) atoms. The van der Waals surface area contributed by atoms with Crippen molar-refractivity contribution in [3.8, 4) is 0 Å². The summed E-state index contributed by atoms with van der Waals surface area (Å²) >= 11 is 7.22. The summed E-state index contributed by atoms with van der Waals surface area (Å²) in [7, 11) is 0. The van der Waals surface area contributed by atoms with Gasteiger partial charge in [-0.1, -0.05) is 11.6 Å². The number of nitro groups is 1. The van der Waals surface area contributed by atoms with Crippen LogP contribution in [0.15, 0.2) is 77.7 Å². The molecule has 0 atom stereocenters. The SMILES string of the molecule is O=C(CSc1ccc(NC(=O)c2ccc([N+](=O)[O-])cc2)cc1)c1ccc(Cl)cc1. The number of carbonyl (C=O) groups is 2.